The Balaban J connectivity index is 1.09. The lowest BCUT2D eigenvalue weighted by atomic mass is 9.92. The third-order valence-electron chi connectivity index (χ3n) is 8.24. The highest BCUT2D eigenvalue weighted by atomic mass is 32.2. The summed E-state index contributed by atoms with van der Waals surface area (Å²) in [6.07, 6.45) is 5.84. The minimum absolute atomic E-state index is 0.253. The summed E-state index contributed by atoms with van der Waals surface area (Å²) in [7, 11) is 0.587. The fourth-order valence-corrected chi connectivity index (χ4v) is 6.89. The molecule has 3 heterocycles. The molecule has 6 aromatic rings. The molecule has 3 aromatic heterocycles. The number of benzene rings is 3. The molecule has 12 heteroatoms. The average molecular weight is 688 g/mol. The van der Waals surface area contributed by atoms with Crippen LogP contribution in [0.5, 0.6) is 17.5 Å². The first-order valence-electron chi connectivity index (χ1n) is 16.3. The number of hydrogen-bond acceptors (Lipinski definition) is 8. The molecule has 1 aliphatic carbocycles. The van der Waals surface area contributed by atoms with E-state index in [4.69, 9.17) is 14.6 Å². The number of fused-ring (bicyclic) bond motifs is 1. The van der Waals surface area contributed by atoms with Crippen molar-refractivity contribution in [3.05, 3.63) is 114 Å². The number of nitrogens with one attached hydrogen (secondary N) is 2. The van der Waals surface area contributed by atoms with Crippen LogP contribution in [0.3, 0.4) is 0 Å². The molecule has 3 aromatic carbocycles. The number of ether oxygens (including phenoxy) is 2. The van der Waals surface area contributed by atoms with Crippen LogP contribution in [0.1, 0.15) is 50.7 Å². The lowest BCUT2D eigenvalue weighted by Gasteiger charge is -2.14. The standard InChI is InChI=1S/C38H37N7O4S/c1-38(2,3)32-22-34(45(44-32)25-12-17-35(48-4)40-23-25)43-37(46)41-30-15-16-31(29-11-6-5-10-28(29)30)49-36-18-19-39-33(42-36)21-24-8-7-9-27(20-24)50(47)26-13-14-26/h5-12,15-20,22-23,26H,13-14,21H2,1-4H3,(H2,41,43,46). The second-order valence-electron chi connectivity index (χ2n) is 13.1. The number of anilines is 2. The third kappa shape index (κ3) is 7.35. The Bertz CT molecular complexity index is 2210. The van der Waals surface area contributed by atoms with Crippen molar-refractivity contribution >= 4 is 39.1 Å². The minimum atomic E-state index is -0.972. The van der Waals surface area contributed by atoms with E-state index < -0.39 is 16.8 Å². The first-order chi connectivity index (χ1) is 24.1. The fourth-order valence-electron chi connectivity index (χ4n) is 5.46. The molecular formula is C38H37N7O4S. The van der Waals surface area contributed by atoms with Crippen molar-refractivity contribution in [2.24, 2.45) is 0 Å². The van der Waals surface area contributed by atoms with Crippen LogP contribution in [0, 0.1) is 0 Å². The van der Waals surface area contributed by atoms with Gasteiger partial charge < -0.3 is 14.8 Å². The number of rotatable bonds is 10. The molecule has 254 valence electrons. The summed E-state index contributed by atoms with van der Waals surface area (Å²) in [4.78, 5) is 27.7. The van der Waals surface area contributed by atoms with Crippen molar-refractivity contribution in [2.45, 2.75) is 55.6 Å². The van der Waals surface area contributed by atoms with Crippen LogP contribution < -0.4 is 20.1 Å². The second kappa shape index (κ2) is 13.7. The number of carbonyl (C=O) groups is 1. The lowest BCUT2D eigenvalue weighted by Crippen LogP contribution is -2.21. The van der Waals surface area contributed by atoms with E-state index in [0.29, 0.717) is 46.9 Å². The number of urea groups is 1. The van der Waals surface area contributed by atoms with Crippen LogP contribution >= 0.6 is 0 Å². The summed E-state index contributed by atoms with van der Waals surface area (Å²) in [6.45, 7) is 6.19. The number of carbonyl (C=O) groups excluding carboxylic acids is 1. The average Bonchev–Trinajstić information content (AvgIpc) is 3.88. The molecule has 0 radical (unpaired) electrons. The molecule has 1 atom stereocenters. The van der Waals surface area contributed by atoms with Gasteiger partial charge in [-0.1, -0.05) is 57.2 Å². The van der Waals surface area contributed by atoms with E-state index in [1.165, 1.54) is 0 Å². The van der Waals surface area contributed by atoms with Crippen molar-refractivity contribution < 1.29 is 18.5 Å². The van der Waals surface area contributed by atoms with Crippen molar-refractivity contribution in [3.63, 3.8) is 0 Å². The number of pyridine rings is 1. The van der Waals surface area contributed by atoms with Crippen LogP contribution in [-0.2, 0) is 22.6 Å². The SMILES string of the molecule is COc1ccc(-n2nc(C(C)(C)C)cc2NC(=O)Nc2ccc(Oc3ccnc(Cc4cccc(S(=O)C5CC5)c4)n3)c3ccccc23)cn1. The summed E-state index contributed by atoms with van der Waals surface area (Å²) < 4.78 is 25.8. The van der Waals surface area contributed by atoms with E-state index in [1.807, 2.05) is 60.7 Å². The molecule has 0 aliphatic heterocycles. The lowest BCUT2D eigenvalue weighted by molar-refractivity contribution is 0.262. The van der Waals surface area contributed by atoms with E-state index in [0.717, 1.165) is 39.8 Å². The summed E-state index contributed by atoms with van der Waals surface area (Å²) >= 11 is 0. The van der Waals surface area contributed by atoms with Crippen molar-refractivity contribution in [3.8, 4) is 23.2 Å². The molecule has 1 unspecified atom stereocenters. The van der Waals surface area contributed by atoms with Crippen LogP contribution in [-0.4, -0.2) is 47.3 Å². The van der Waals surface area contributed by atoms with Crippen LogP contribution in [0.4, 0.5) is 16.3 Å². The molecule has 50 heavy (non-hydrogen) atoms. The molecule has 0 spiro atoms. The molecule has 7 rings (SSSR count). The van der Waals surface area contributed by atoms with E-state index in [9.17, 15) is 9.00 Å². The highest BCUT2D eigenvalue weighted by Gasteiger charge is 2.29. The summed E-state index contributed by atoms with van der Waals surface area (Å²) in [6, 6.07) is 25.8. The van der Waals surface area contributed by atoms with Gasteiger partial charge in [0.25, 0.3) is 0 Å². The Morgan fingerprint density at radius 3 is 2.48 bits per heavy atom. The maximum Gasteiger partial charge on any atom is 0.324 e. The smallest absolute Gasteiger partial charge is 0.324 e. The first kappa shape index (κ1) is 32.9. The molecular weight excluding hydrogens is 651 g/mol. The highest BCUT2D eigenvalue weighted by Crippen LogP contribution is 2.35. The summed E-state index contributed by atoms with van der Waals surface area (Å²) in [5.74, 6) is 2.54. The van der Waals surface area contributed by atoms with Crippen molar-refractivity contribution in [1.82, 2.24) is 24.7 Å². The highest BCUT2D eigenvalue weighted by molar-refractivity contribution is 7.86. The van der Waals surface area contributed by atoms with Gasteiger partial charge in [0, 0.05) is 57.1 Å². The largest absolute Gasteiger partial charge is 0.481 e. The second-order valence-corrected chi connectivity index (χ2v) is 14.8. The quantitative estimate of drug-likeness (QED) is 0.149. The topological polar surface area (TPSA) is 133 Å². The number of hydrogen-bond donors (Lipinski definition) is 2. The minimum Gasteiger partial charge on any atom is -0.481 e. The van der Waals surface area contributed by atoms with Gasteiger partial charge in [-0.3, -0.25) is 9.53 Å². The zero-order valence-electron chi connectivity index (χ0n) is 28.2. The summed E-state index contributed by atoms with van der Waals surface area (Å²) in [5.41, 5.74) is 2.82. The van der Waals surface area contributed by atoms with E-state index >= 15 is 0 Å². The van der Waals surface area contributed by atoms with Crippen molar-refractivity contribution in [2.75, 3.05) is 17.7 Å². The van der Waals surface area contributed by atoms with Gasteiger partial charge in [0.1, 0.15) is 17.4 Å². The number of amides is 2. The molecule has 2 N–H and O–H groups in total. The van der Waals surface area contributed by atoms with Gasteiger partial charge in [-0.05, 0) is 48.7 Å². The third-order valence-corrected chi connectivity index (χ3v) is 10.0. The van der Waals surface area contributed by atoms with E-state index in [1.54, 1.807) is 48.5 Å². The van der Waals surface area contributed by atoms with Crippen LogP contribution in [0.2, 0.25) is 0 Å². The van der Waals surface area contributed by atoms with Crippen molar-refractivity contribution in [1.29, 1.82) is 0 Å². The van der Waals surface area contributed by atoms with Gasteiger partial charge in [-0.25, -0.2) is 19.4 Å². The Kier molecular flexibility index (Phi) is 9.02. The summed E-state index contributed by atoms with van der Waals surface area (Å²) in [5, 5.41) is 12.6. The van der Waals surface area contributed by atoms with Gasteiger partial charge in [0.05, 0.1) is 41.2 Å². The van der Waals surface area contributed by atoms with Crippen LogP contribution in [0.25, 0.3) is 16.5 Å². The van der Waals surface area contributed by atoms with Gasteiger partial charge in [-0.15, -0.1) is 0 Å². The Hall–Kier alpha value is -5.62. The molecule has 1 saturated carbocycles. The number of methoxy groups -OCH3 is 1. The Morgan fingerprint density at radius 1 is 0.920 bits per heavy atom. The predicted molar refractivity (Wildman–Crippen MR) is 194 cm³/mol. The first-order valence-corrected chi connectivity index (χ1v) is 17.6. The zero-order chi connectivity index (χ0) is 34.8. The normalized spacial score (nSPS) is 13.5. The van der Waals surface area contributed by atoms with Gasteiger partial charge in [0.15, 0.2) is 0 Å². The van der Waals surface area contributed by atoms with Gasteiger partial charge in [-0.2, -0.15) is 10.1 Å². The Labute approximate surface area is 292 Å². The maximum atomic E-state index is 13.5. The predicted octanol–water partition coefficient (Wildman–Crippen LogP) is 7.81. The van der Waals surface area contributed by atoms with Gasteiger partial charge in [0.2, 0.25) is 11.8 Å². The van der Waals surface area contributed by atoms with E-state index in [-0.39, 0.29) is 10.7 Å². The fraction of sp³-hybridized carbons (Fsp3) is 0.237. The van der Waals surface area contributed by atoms with Gasteiger partial charge >= 0.3 is 6.03 Å². The maximum absolute atomic E-state index is 13.5. The molecule has 1 aliphatic rings. The Morgan fingerprint density at radius 2 is 1.74 bits per heavy atom. The molecule has 0 saturated heterocycles. The molecule has 1 fully saturated rings. The number of nitrogens with zero attached hydrogens (tertiary/aromatic N) is 5. The molecule has 2 amide bonds. The van der Waals surface area contributed by atoms with E-state index in [2.05, 4.69) is 46.4 Å². The monoisotopic (exact) mass is 687 g/mol. The molecule has 11 nitrogen and oxygen atoms in total. The number of aromatic nitrogens is 5. The molecule has 0 bridgehead atoms. The zero-order valence-corrected chi connectivity index (χ0v) is 29.0. The van der Waals surface area contributed by atoms with Crippen LogP contribution in [0.15, 0.2) is 102 Å².